The fraction of sp³-hybridized carbons (Fsp3) is 0.286. The molecule has 5 nitrogen and oxygen atoms in total. The summed E-state index contributed by atoms with van der Waals surface area (Å²) in [4.78, 5) is 11.1. The highest BCUT2D eigenvalue weighted by Crippen LogP contribution is 2.14. The Kier molecular flexibility index (Phi) is 4.30. The van der Waals surface area contributed by atoms with E-state index in [1.807, 2.05) is 42.1 Å². The lowest BCUT2D eigenvalue weighted by Crippen LogP contribution is -2.17. The molecular formula is C14H18N4O. The van der Waals surface area contributed by atoms with Crippen LogP contribution in [0.15, 0.2) is 36.5 Å². The van der Waals surface area contributed by atoms with Gasteiger partial charge in [0.15, 0.2) is 0 Å². The number of rotatable bonds is 5. The van der Waals surface area contributed by atoms with E-state index >= 15 is 0 Å². The Morgan fingerprint density at radius 2 is 2.05 bits per heavy atom. The van der Waals surface area contributed by atoms with Gasteiger partial charge in [-0.25, -0.2) is 0 Å². The molecule has 0 saturated carbocycles. The zero-order valence-electron chi connectivity index (χ0n) is 11.2. The Bertz CT molecular complexity index is 562. The minimum absolute atomic E-state index is 0.0564. The quantitative estimate of drug-likeness (QED) is 0.857. The summed E-state index contributed by atoms with van der Waals surface area (Å²) in [6.45, 7) is 2.95. The normalized spacial score (nSPS) is 10.4. The van der Waals surface area contributed by atoms with E-state index in [2.05, 4.69) is 15.7 Å². The van der Waals surface area contributed by atoms with E-state index in [0.717, 1.165) is 23.5 Å². The lowest BCUT2D eigenvalue weighted by molar-refractivity contribution is -0.114. The smallest absolute Gasteiger partial charge is 0.221 e. The molecule has 1 amide bonds. The number of nitrogens with zero attached hydrogens (tertiary/aromatic N) is 2. The highest BCUT2D eigenvalue weighted by Gasteiger charge is 2.03. The van der Waals surface area contributed by atoms with Crippen LogP contribution in [0, 0.1) is 0 Å². The molecule has 0 saturated heterocycles. The summed E-state index contributed by atoms with van der Waals surface area (Å²) in [5.41, 5.74) is 3.05. The van der Waals surface area contributed by atoms with E-state index in [-0.39, 0.29) is 5.91 Å². The summed E-state index contributed by atoms with van der Waals surface area (Å²) in [5.74, 6) is -0.0564. The lowest BCUT2D eigenvalue weighted by Gasteiger charge is -2.11. The van der Waals surface area contributed by atoms with E-state index < -0.39 is 0 Å². The highest BCUT2D eigenvalue weighted by atomic mass is 16.1. The number of aryl methyl sites for hydroxylation is 1. The van der Waals surface area contributed by atoms with Gasteiger partial charge < -0.3 is 10.6 Å². The van der Waals surface area contributed by atoms with E-state index in [0.29, 0.717) is 6.54 Å². The zero-order valence-corrected chi connectivity index (χ0v) is 11.2. The molecule has 0 radical (unpaired) electrons. The number of benzene rings is 1. The van der Waals surface area contributed by atoms with Crippen molar-refractivity contribution >= 4 is 11.6 Å². The molecule has 0 aliphatic heterocycles. The Morgan fingerprint density at radius 1 is 1.26 bits per heavy atom. The first-order chi connectivity index (χ1) is 9.16. The number of nitrogens with one attached hydrogen (secondary N) is 2. The fourth-order valence-electron chi connectivity index (χ4n) is 1.89. The Labute approximate surface area is 112 Å². The second-order valence-electron chi connectivity index (χ2n) is 4.39. The molecule has 2 aromatic rings. The molecule has 0 fully saturated rings. The first kappa shape index (κ1) is 13.3. The van der Waals surface area contributed by atoms with Crippen LogP contribution in [0.4, 0.5) is 5.69 Å². The zero-order chi connectivity index (χ0) is 13.7. The van der Waals surface area contributed by atoms with Crippen molar-refractivity contribution in [2.75, 3.05) is 5.32 Å². The van der Waals surface area contributed by atoms with Crippen molar-refractivity contribution in [2.24, 2.45) is 7.05 Å². The third-order valence-corrected chi connectivity index (χ3v) is 2.87. The van der Waals surface area contributed by atoms with Crippen molar-refractivity contribution < 1.29 is 4.79 Å². The largest absolute Gasteiger partial charge is 0.326 e. The number of hydrogen-bond acceptors (Lipinski definition) is 3. The average Bonchev–Trinajstić information content (AvgIpc) is 2.77. The molecule has 0 unspecified atom stereocenters. The standard InChI is InChI=1S/C14H18N4O/c1-11(19)17-14-6-4-3-5-12(14)9-15-10-13-7-8-16-18(13)2/h3-8,15H,9-10H2,1-2H3,(H,17,19). The van der Waals surface area contributed by atoms with Gasteiger partial charge in [0.05, 0.1) is 5.69 Å². The van der Waals surface area contributed by atoms with E-state index in [1.54, 1.807) is 6.20 Å². The van der Waals surface area contributed by atoms with Gasteiger partial charge in [0, 0.05) is 38.9 Å². The maximum absolute atomic E-state index is 11.1. The average molecular weight is 258 g/mol. The van der Waals surface area contributed by atoms with Gasteiger partial charge in [-0.05, 0) is 17.7 Å². The molecule has 100 valence electrons. The van der Waals surface area contributed by atoms with Crippen LogP contribution < -0.4 is 10.6 Å². The number of para-hydroxylation sites is 1. The molecule has 2 rings (SSSR count). The van der Waals surface area contributed by atoms with Crippen LogP contribution in [0.2, 0.25) is 0 Å². The van der Waals surface area contributed by atoms with Crippen LogP contribution in [0.1, 0.15) is 18.2 Å². The molecule has 0 spiro atoms. The van der Waals surface area contributed by atoms with E-state index in [4.69, 9.17) is 0 Å². The second-order valence-corrected chi connectivity index (χ2v) is 4.39. The van der Waals surface area contributed by atoms with Crippen molar-refractivity contribution in [2.45, 2.75) is 20.0 Å². The van der Waals surface area contributed by atoms with Gasteiger partial charge in [0.1, 0.15) is 0 Å². The molecule has 0 bridgehead atoms. The van der Waals surface area contributed by atoms with E-state index in [9.17, 15) is 4.79 Å². The predicted molar refractivity (Wildman–Crippen MR) is 74.5 cm³/mol. The molecule has 0 atom stereocenters. The van der Waals surface area contributed by atoms with Crippen LogP contribution in [-0.2, 0) is 24.9 Å². The first-order valence-corrected chi connectivity index (χ1v) is 6.20. The summed E-state index contributed by atoms with van der Waals surface area (Å²) >= 11 is 0. The third kappa shape index (κ3) is 3.66. The number of hydrogen-bond donors (Lipinski definition) is 2. The topological polar surface area (TPSA) is 59.0 Å². The SMILES string of the molecule is CC(=O)Nc1ccccc1CNCc1ccnn1C. The van der Waals surface area contributed by atoms with Crippen LogP contribution in [0.3, 0.4) is 0 Å². The van der Waals surface area contributed by atoms with Gasteiger partial charge in [-0.1, -0.05) is 18.2 Å². The van der Waals surface area contributed by atoms with Gasteiger partial charge >= 0.3 is 0 Å². The van der Waals surface area contributed by atoms with Crippen molar-refractivity contribution in [3.63, 3.8) is 0 Å². The highest BCUT2D eigenvalue weighted by molar-refractivity contribution is 5.89. The van der Waals surface area contributed by atoms with Crippen LogP contribution in [0.25, 0.3) is 0 Å². The molecule has 1 aromatic heterocycles. The monoisotopic (exact) mass is 258 g/mol. The fourth-order valence-corrected chi connectivity index (χ4v) is 1.89. The minimum Gasteiger partial charge on any atom is -0.326 e. The van der Waals surface area contributed by atoms with Crippen molar-refractivity contribution in [3.05, 3.63) is 47.8 Å². The van der Waals surface area contributed by atoms with Gasteiger partial charge in [-0.2, -0.15) is 5.10 Å². The summed E-state index contributed by atoms with van der Waals surface area (Å²) in [5, 5.41) is 10.3. The van der Waals surface area contributed by atoms with Crippen molar-refractivity contribution in [1.82, 2.24) is 15.1 Å². The van der Waals surface area contributed by atoms with Crippen LogP contribution in [0.5, 0.6) is 0 Å². The number of amides is 1. The minimum atomic E-state index is -0.0564. The Morgan fingerprint density at radius 3 is 2.74 bits per heavy atom. The van der Waals surface area contributed by atoms with E-state index in [1.165, 1.54) is 6.92 Å². The molecule has 5 heteroatoms. The van der Waals surface area contributed by atoms with Gasteiger partial charge in [0.25, 0.3) is 0 Å². The molecular weight excluding hydrogens is 240 g/mol. The summed E-state index contributed by atoms with van der Waals surface area (Å²) in [7, 11) is 1.92. The number of anilines is 1. The van der Waals surface area contributed by atoms with Crippen molar-refractivity contribution in [3.8, 4) is 0 Å². The first-order valence-electron chi connectivity index (χ1n) is 6.20. The van der Waals surface area contributed by atoms with Gasteiger partial charge in [-0.3, -0.25) is 9.48 Å². The molecule has 2 N–H and O–H groups in total. The van der Waals surface area contributed by atoms with Crippen molar-refractivity contribution in [1.29, 1.82) is 0 Å². The summed E-state index contributed by atoms with van der Waals surface area (Å²) in [6, 6.07) is 9.76. The van der Waals surface area contributed by atoms with Crippen LogP contribution in [-0.4, -0.2) is 15.7 Å². The van der Waals surface area contributed by atoms with Gasteiger partial charge in [-0.15, -0.1) is 0 Å². The second kappa shape index (κ2) is 6.15. The maximum Gasteiger partial charge on any atom is 0.221 e. The number of carbonyl (C=O) groups is 1. The maximum atomic E-state index is 11.1. The predicted octanol–water partition coefficient (Wildman–Crippen LogP) is 1.67. The Hall–Kier alpha value is -2.14. The summed E-state index contributed by atoms with van der Waals surface area (Å²) < 4.78 is 1.84. The Balaban J connectivity index is 1.96. The number of carbonyl (C=O) groups excluding carboxylic acids is 1. The molecule has 0 aliphatic carbocycles. The van der Waals surface area contributed by atoms with Gasteiger partial charge in [0.2, 0.25) is 5.91 Å². The third-order valence-electron chi connectivity index (χ3n) is 2.87. The lowest BCUT2D eigenvalue weighted by atomic mass is 10.1. The van der Waals surface area contributed by atoms with Crippen LogP contribution >= 0.6 is 0 Å². The molecule has 0 aliphatic rings. The molecule has 1 aromatic carbocycles. The number of aromatic nitrogens is 2. The molecule has 19 heavy (non-hydrogen) atoms. The summed E-state index contributed by atoms with van der Waals surface area (Å²) in [6.07, 6.45) is 1.78. The molecule has 1 heterocycles.